The van der Waals surface area contributed by atoms with Crippen molar-refractivity contribution in [2.45, 2.75) is 51.2 Å². The number of carbonyl (C=O) groups is 2. The second-order valence-electron chi connectivity index (χ2n) is 5.75. The van der Waals surface area contributed by atoms with Crippen molar-refractivity contribution in [2.75, 3.05) is 13.7 Å². The normalized spacial score (nSPS) is 23.1. The van der Waals surface area contributed by atoms with Crippen LogP contribution in [0.1, 0.15) is 40.0 Å². The van der Waals surface area contributed by atoms with E-state index in [0.717, 1.165) is 6.42 Å². The van der Waals surface area contributed by atoms with Crippen LogP contribution in [0, 0.1) is 0 Å². The number of rotatable bonds is 3. The first-order valence-corrected chi connectivity index (χ1v) is 6.47. The second kappa shape index (κ2) is 5.63. The molecule has 1 aliphatic rings. The summed E-state index contributed by atoms with van der Waals surface area (Å²) < 4.78 is 10.2. The van der Waals surface area contributed by atoms with Crippen molar-refractivity contribution in [3.05, 3.63) is 12.7 Å². The number of nitrogens with zero attached hydrogens (tertiary/aromatic N) is 1. The second-order valence-corrected chi connectivity index (χ2v) is 5.75. The molecule has 19 heavy (non-hydrogen) atoms. The summed E-state index contributed by atoms with van der Waals surface area (Å²) in [6, 6.07) is 0. The van der Waals surface area contributed by atoms with Crippen LogP contribution in [0.3, 0.4) is 0 Å². The molecule has 0 aromatic rings. The molecule has 0 unspecified atom stereocenters. The van der Waals surface area contributed by atoms with Gasteiger partial charge in [-0.05, 0) is 40.0 Å². The molecule has 1 aliphatic heterocycles. The highest BCUT2D eigenvalue weighted by atomic mass is 16.6. The van der Waals surface area contributed by atoms with E-state index in [0.29, 0.717) is 19.4 Å². The van der Waals surface area contributed by atoms with Crippen LogP contribution < -0.4 is 0 Å². The fraction of sp³-hybridized carbons (Fsp3) is 0.714. The molecule has 1 heterocycles. The lowest BCUT2D eigenvalue weighted by Gasteiger charge is -2.36. The van der Waals surface area contributed by atoms with Gasteiger partial charge in [-0.25, -0.2) is 9.59 Å². The van der Waals surface area contributed by atoms with Crippen LogP contribution in [0.4, 0.5) is 4.79 Å². The largest absolute Gasteiger partial charge is 0.467 e. The molecule has 0 spiro atoms. The summed E-state index contributed by atoms with van der Waals surface area (Å²) in [6.07, 6.45) is 2.86. The molecule has 5 nitrogen and oxygen atoms in total. The molecular formula is C14H23NO4. The molecule has 5 heteroatoms. The van der Waals surface area contributed by atoms with Gasteiger partial charge in [0, 0.05) is 6.54 Å². The Balaban J connectivity index is 3.00. The molecule has 108 valence electrons. The van der Waals surface area contributed by atoms with Crippen molar-refractivity contribution in [3.63, 3.8) is 0 Å². The molecule has 0 N–H and O–H groups in total. The number of hydrogen-bond acceptors (Lipinski definition) is 4. The van der Waals surface area contributed by atoms with Crippen LogP contribution in [0.2, 0.25) is 0 Å². The van der Waals surface area contributed by atoms with Crippen molar-refractivity contribution in [2.24, 2.45) is 0 Å². The average molecular weight is 269 g/mol. The average Bonchev–Trinajstić information content (AvgIpc) is 2.71. The predicted octanol–water partition coefficient (Wildman–Crippen LogP) is 2.51. The molecule has 0 aromatic heterocycles. The molecular weight excluding hydrogens is 246 g/mol. The van der Waals surface area contributed by atoms with Crippen molar-refractivity contribution < 1.29 is 19.1 Å². The zero-order chi connectivity index (χ0) is 14.7. The molecule has 0 saturated carbocycles. The lowest BCUT2D eigenvalue weighted by molar-refractivity contribution is -0.153. The Morgan fingerprint density at radius 1 is 1.42 bits per heavy atom. The summed E-state index contributed by atoms with van der Waals surface area (Å²) in [5, 5.41) is 0. The first-order chi connectivity index (χ1) is 8.77. The van der Waals surface area contributed by atoms with E-state index in [-0.39, 0.29) is 0 Å². The number of hydrogen-bond donors (Lipinski definition) is 0. The minimum absolute atomic E-state index is 0.374. The highest BCUT2D eigenvalue weighted by molar-refractivity contribution is 5.86. The van der Waals surface area contributed by atoms with Crippen molar-refractivity contribution in [1.29, 1.82) is 0 Å². The Bertz CT molecular complexity index is 372. The quantitative estimate of drug-likeness (QED) is 0.583. The number of ether oxygens (including phenoxy) is 2. The van der Waals surface area contributed by atoms with Crippen LogP contribution in [-0.4, -0.2) is 41.8 Å². The molecule has 0 radical (unpaired) electrons. The Morgan fingerprint density at radius 3 is 2.53 bits per heavy atom. The standard InChI is InChI=1S/C14H23NO4/c1-6-8-14(11(16)18-5)9-7-10-15(14)12(17)19-13(2,3)4/h6H,1,7-10H2,2-5H3/t14-/m1/s1. The molecule has 1 rings (SSSR count). The SMILES string of the molecule is C=CC[C@]1(C(=O)OC)CCCN1C(=O)OC(C)(C)C. The van der Waals surface area contributed by atoms with Gasteiger partial charge in [-0.2, -0.15) is 0 Å². The van der Waals surface area contributed by atoms with Crippen LogP contribution in [0.5, 0.6) is 0 Å². The summed E-state index contributed by atoms with van der Waals surface area (Å²) in [4.78, 5) is 25.8. The smallest absolute Gasteiger partial charge is 0.411 e. The lowest BCUT2D eigenvalue weighted by atomic mass is 9.92. The highest BCUT2D eigenvalue weighted by Gasteiger charge is 2.51. The minimum Gasteiger partial charge on any atom is -0.467 e. The van der Waals surface area contributed by atoms with Crippen LogP contribution in [-0.2, 0) is 14.3 Å². The van der Waals surface area contributed by atoms with E-state index in [1.54, 1.807) is 26.8 Å². The van der Waals surface area contributed by atoms with E-state index in [2.05, 4.69) is 6.58 Å². The van der Waals surface area contributed by atoms with Gasteiger partial charge < -0.3 is 9.47 Å². The summed E-state index contributed by atoms with van der Waals surface area (Å²) >= 11 is 0. The molecule has 0 aromatic carbocycles. The van der Waals surface area contributed by atoms with E-state index >= 15 is 0 Å². The topological polar surface area (TPSA) is 55.8 Å². The summed E-state index contributed by atoms with van der Waals surface area (Å²) in [5.74, 6) is -0.407. The summed E-state index contributed by atoms with van der Waals surface area (Å²) in [7, 11) is 1.33. The Labute approximate surface area is 114 Å². The molecule has 1 saturated heterocycles. The van der Waals surface area contributed by atoms with Gasteiger partial charge in [-0.1, -0.05) is 6.08 Å². The van der Waals surface area contributed by atoms with E-state index in [9.17, 15) is 9.59 Å². The highest BCUT2D eigenvalue weighted by Crippen LogP contribution is 2.35. The van der Waals surface area contributed by atoms with Crippen LogP contribution in [0.15, 0.2) is 12.7 Å². The zero-order valence-corrected chi connectivity index (χ0v) is 12.2. The molecule has 1 amide bonds. The maximum absolute atomic E-state index is 12.2. The lowest BCUT2D eigenvalue weighted by Crippen LogP contribution is -2.54. The van der Waals surface area contributed by atoms with Crippen molar-refractivity contribution in [3.8, 4) is 0 Å². The fourth-order valence-corrected chi connectivity index (χ4v) is 2.40. The van der Waals surface area contributed by atoms with Gasteiger partial charge in [0.15, 0.2) is 0 Å². The molecule has 0 bridgehead atoms. The Hall–Kier alpha value is -1.52. The number of esters is 1. The molecule has 1 atom stereocenters. The van der Waals surface area contributed by atoms with E-state index in [1.165, 1.54) is 12.0 Å². The van der Waals surface area contributed by atoms with E-state index in [4.69, 9.17) is 9.47 Å². The van der Waals surface area contributed by atoms with Gasteiger partial charge in [0.2, 0.25) is 0 Å². The molecule has 0 aliphatic carbocycles. The number of carbonyl (C=O) groups excluding carboxylic acids is 2. The Morgan fingerprint density at radius 2 is 2.05 bits per heavy atom. The van der Waals surface area contributed by atoms with Crippen LogP contribution >= 0.6 is 0 Å². The third-order valence-corrected chi connectivity index (χ3v) is 3.15. The number of likely N-dealkylation sites (tertiary alicyclic amines) is 1. The third-order valence-electron chi connectivity index (χ3n) is 3.15. The zero-order valence-electron chi connectivity index (χ0n) is 12.2. The maximum atomic E-state index is 12.2. The first-order valence-electron chi connectivity index (χ1n) is 6.47. The van der Waals surface area contributed by atoms with Gasteiger partial charge in [-0.15, -0.1) is 6.58 Å². The van der Waals surface area contributed by atoms with Crippen LogP contribution in [0.25, 0.3) is 0 Å². The van der Waals surface area contributed by atoms with Gasteiger partial charge in [0.05, 0.1) is 7.11 Å². The van der Waals surface area contributed by atoms with Gasteiger partial charge in [0.25, 0.3) is 0 Å². The van der Waals surface area contributed by atoms with Gasteiger partial charge >= 0.3 is 12.1 Å². The minimum atomic E-state index is -0.959. The first kappa shape index (κ1) is 15.5. The van der Waals surface area contributed by atoms with Gasteiger partial charge in [-0.3, -0.25) is 4.90 Å². The van der Waals surface area contributed by atoms with Crippen molar-refractivity contribution >= 4 is 12.1 Å². The number of methoxy groups -OCH3 is 1. The predicted molar refractivity (Wildman–Crippen MR) is 71.7 cm³/mol. The molecule has 1 fully saturated rings. The maximum Gasteiger partial charge on any atom is 0.411 e. The van der Waals surface area contributed by atoms with Crippen molar-refractivity contribution in [1.82, 2.24) is 4.90 Å². The van der Waals surface area contributed by atoms with E-state index < -0.39 is 23.2 Å². The summed E-state index contributed by atoms with van der Waals surface area (Å²) in [5.41, 5.74) is -1.55. The number of amides is 1. The third kappa shape index (κ3) is 3.28. The van der Waals surface area contributed by atoms with E-state index in [1.807, 2.05) is 0 Å². The van der Waals surface area contributed by atoms with Gasteiger partial charge in [0.1, 0.15) is 11.1 Å². The fourth-order valence-electron chi connectivity index (χ4n) is 2.40. The summed E-state index contributed by atoms with van der Waals surface area (Å²) in [6.45, 7) is 9.57. The monoisotopic (exact) mass is 269 g/mol. The Kier molecular flexibility index (Phi) is 4.61.